The third kappa shape index (κ3) is 45.5. The molecule has 0 aliphatic heterocycles. The Labute approximate surface area is 363 Å². The summed E-state index contributed by atoms with van der Waals surface area (Å²) in [5, 5.41) is 0. The standard InChI is InChI=1S/C53H88O6/c1-4-7-10-13-16-19-21-23-24-25-26-27-28-30-31-34-37-40-43-46-52(55)58-49-50(48-57-51(54)45-42-39-36-33-18-15-12-9-6-3)59-53(56)47-44-41-38-35-32-29-22-20-17-14-11-8-5-2/h8,11,14,17,20,22,25-26,29,32-33,35-36,38,50H,4-7,9-10,12-13,15-16,18-19,21,23-24,27-28,30-31,34,37,39-49H2,1-3H3/b11-8-,17-14-,22-20-,26-25-,32-29-,36-33-,38-35-. The van der Waals surface area contributed by atoms with E-state index in [0.29, 0.717) is 25.7 Å². The molecule has 1 unspecified atom stereocenters. The van der Waals surface area contributed by atoms with Crippen LogP contribution in [0.15, 0.2) is 85.1 Å². The first kappa shape index (κ1) is 55.6. The second-order valence-electron chi connectivity index (χ2n) is 15.8. The van der Waals surface area contributed by atoms with Crippen LogP contribution in [0.5, 0.6) is 0 Å². The zero-order chi connectivity index (χ0) is 43.0. The zero-order valence-corrected chi connectivity index (χ0v) is 38.2. The molecule has 0 radical (unpaired) electrons. The lowest BCUT2D eigenvalue weighted by molar-refractivity contribution is -0.167. The van der Waals surface area contributed by atoms with Gasteiger partial charge < -0.3 is 14.2 Å². The van der Waals surface area contributed by atoms with Gasteiger partial charge in [0.15, 0.2) is 6.10 Å². The summed E-state index contributed by atoms with van der Waals surface area (Å²) in [6.45, 7) is 6.35. The lowest BCUT2D eigenvalue weighted by atomic mass is 10.1. The lowest BCUT2D eigenvalue weighted by Gasteiger charge is -2.18. The van der Waals surface area contributed by atoms with Crippen molar-refractivity contribution < 1.29 is 28.6 Å². The second-order valence-corrected chi connectivity index (χ2v) is 15.8. The lowest BCUT2D eigenvalue weighted by Crippen LogP contribution is -2.30. The van der Waals surface area contributed by atoms with E-state index in [9.17, 15) is 14.4 Å². The van der Waals surface area contributed by atoms with Crippen molar-refractivity contribution in [2.75, 3.05) is 13.2 Å². The molecule has 1 atom stereocenters. The highest BCUT2D eigenvalue weighted by Gasteiger charge is 2.19. The van der Waals surface area contributed by atoms with Gasteiger partial charge >= 0.3 is 17.9 Å². The van der Waals surface area contributed by atoms with Crippen LogP contribution >= 0.6 is 0 Å². The predicted molar refractivity (Wildman–Crippen MR) is 251 cm³/mol. The van der Waals surface area contributed by atoms with E-state index in [0.717, 1.165) is 44.9 Å². The molecule has 0 bridgehead atoms. The molecule has 59 heavy (non-hydrogen) atoms. The van der Waals surface area contributed by atoms with Crippen molar-refractivity contribution in [2.45, 2.75) is 219 Å². The Bertz CT molecular complexity index is 1170. The van der Waals surface area contributed by atoms with Crippen molar-refractivity contribution in [3.05, 3.63) is 85.1 Å². The van der Waals surface area contributed by atoms with E-state index in [1.807, 2.05) is 54.7 Å². The molecule has 0 saturated heterocycles. The minimum absolute atomic E-state index is 0.117. The molecule has 0 aromatic carbocycles. The van der Waals surface area contributed by atoms with Gasteiger partial charge in [-0.25, -0.2) is 0 Å². The molecule has 0 heterocycles. The van der Waals surface area contributed by atoms with Crippen LogP contribution in [0.1, 0.15) is 213 Å². The average Bonchev–Trinajstić information content (AvgIpc) is 3.23. The normalized spacial score (nSPS) is 12.8. The molecule has 6 heteroatoms. The van der Waals surface area contributed by atoms with Crippen molar-refractivity contribution in [2.24, 2.45) is 0 Å². The SMILES string of the molecule is CC\C=C/C=C\C=C/C=C\C=C/CCCC(=O)OC(COC(=O)CCC/C=C\CCCCCC)COC(=O)CCCCCCCCC/C=C\CCCCCCCCCC. The summed E-state index contributed by atoms with van der Waals surface area (Å²) >= 11 is 0. The number of hydrogen-bond donors (Lipinski definition) is 0. The van der Waals surface area contributed by atoms with Crippen LogP contribution in [-0.4, -0.2) is 37.2 Å². The largest absolute Gasteiger partial charge is 0.462 e. The number of carbonyl (C=O) groups excluding carboxylic acids is 3. The van der Waals surface area contributed by atoms with Crippen molar-refractivity contribution in [1.29, 1.82) is 0 Å². The van der Waals surface area contributed by atoms with E-state index in [2.05, 4.69) is 51.2 Å². The van der Waals surface area contributed by atoms with Crippen molar-refractivity contribution in [3.63, 3.8) is 0 Å². The summed E-state index contributed by atoms with van der Waals surface area (Å²) in [7, 11) is 0. The van der Waals surface area contributed by atoms with Gasteiger partial charge in [-0.3, -0.25) is 14.4 Å². The molecule has 0 rings (SSSR count). The molecule has 0 aliphatic rings. The number of unbranched alkanes of at least 4 members (excludes halogenated alkanes) is 21. The first-order chi connectivity index (χ1) is 29.0. The third-order valence-electron chi connectivity index (χ3n) is 9.98. The maximum atomic E-state index is 12.7. The number of carbonyl (C=O) groups is 3. The highest BCUT2D eigenvalue weighted by atomic mass is 16.6. The molecule has 0 saturated carbocycles. The molecule has 0 N–H and O–H groups in total. The van der Waals surface area contributed by atoms with E-state index in [1.165, 1.54) is 116 Å². The quantitative estimate of drug-likeness (QED) is 0.0201. The minimum Gasteiger partial charge on any atom is -0.462 e. The molecule has 0 spiro atoms. The number of hydrogen-bond acceptors (Lipinski definition) is 6. The van der Waals surface area contributed by atoms with E-state index in [-0.39, 0.29) is 31.6 Å². The first-order valence-electron chi connectivity index (χ1n) is 24.2. The Morgan fingerprint density at radius 1 is 0.356 bits per heavy atom. The smallest absolute Gasteiger partial charge is 0.306 e. The van der Waals surface area contributed by atoms with E-state index < -0.39 is 12.1 Å². The van der Waals surface area contributed by atoms with Gasteiger partial charge in [-0.15, -0.1) is 0 Å². The first-order valence-corrected chi connectivity index (χ1v) is 24.2. The predicted octanol–water partition coefficient (Wildman–Crippen LogP) is 15.6. The fourth-order valence-electron chi connectivity index (χ4n) is 6.35. The van der Waals surface area contributed by atoms with Gasteiger partial charge in [0.05, 0.1) is 0 Å². The highest BCUT2D eigenvalue weighted by molar-refractivity contribution is 5.71. The molecule has 6 nitrogen and oxygen atoms in total. The zero-order valence-electron chi connectivity index (χ0n) is 38.2. The Morgan fingerprint density at radius 2 is 0.695 bits per heavy atom. The van der Waals surface area contributed by atoms with E-state index >= 15 is 0 Å². The van der Waals surface area contributed by atoms with Crippen LogP contribution < -0.4 is 0 Å². The summed E-state index contributed by atoms with van der Waals surface area (Å²) in [4.78, 5) is 37.7. The Morgan fingerprint density at radius 3 is 1.17 bits per heavy atom. The summed E-state index contributed by atoms with van der Waals surface area (Å²) < 4.78 is 16.6. The topological polar surface area (TPSA) is 78.9 Å². The van der Waals surface area contributed by atoms with Gasteiger partial charge in [0.1, 0.15) is 13.2 Å². The monoisotopic (exact) mass is 821 g/mol. The summed E-state index contributed by atoms with van der Waals surface area (Å²) in [6, 6.07) is 0. The van der Waals surface area contributed by atoms with Gasteiger partial charge in [0.2, 0.25) is 0 Å². The average molecular weight is 821 g/mol. The van der Waals surface area contributed by atoms with Gasteiger partial charge in [0, 0.05) is 19.3 Å². The van der Waals surface area contributed by atoms with Crippen LogP contribution in [0.2, 0.25) is 0 Å². The van der Waals surface area contributed by atoms with Crippen LogP contribution in [0, 0.1) is 0 Å². The fraction of sp³-hybridized carbons (Fsp3) is 0.679. The summed E-state index contributed by atoms with van der Waals surface area (Å²) in [5.74, 6) is -1.04. The van der Waals surface area contributed by atoms with Crippen LogP contribution in [-0.2, 0) is 28.6 Å². The maximum Gasteiger partial charge on any atom is 0.306 e. The van der Waals surface area contributed by atoms with E-state index in [4.69, 9.17) is 14.2 Å². The molecule has 336 valence electrons. The van der Waals surface area contributed by atoms with Gasteiger partial charge in [-0.2, -0.15) is 0 Å². The fourth-order valence-corrected chi connectivity index (χ4v) is 6.35. The van der Waals surface area contributed by atoms with Crippen LogP contribution in [0.4, 0.5) is 0 Å². The molecule has 0 amide bonds. The van der Waals surface area contributed by atoms with Crippen molar-refractivity contribution in [3.8, 4) is 0 Å². The van der Waals surface area contributed by atoms with Gasteiger partial charge in [-0.05, 0) is 77.0 Å². The van der Waals surface area contributed by atoms with Crippen LogP contribution in [0.3, 0.4) is 0 Å². The summed E-state index contributed by atoms with van der Waals surface area (Å²) in [6.07, 6.45) is 60.2. The van der Waals surface area contributed by atoms with Gasteiger partial charge in [-0.1, -0.05) is 202 Å². The van der Waals surface area contributed by atoms with E-state index in [1.54, 1.807) is 0 Å². The highest BCUT2D eigenvalue weighted by Crippen LogP contribution is 2.13. The maximum absolute atomic E-state index is 12.7. The second kappa shape index (κ2) is 47.3. The molecule has 0 aliphatic carbocycles. The van der Waals surface area contributed by atoms with Crippen molar-refractivity contribution >= 4 is 17.9 Å². The van der Waals surface area contributed by atoms with Crippen LogP contribution in [0.25, 0.3) is 0 Å². The molecular weight excluding hydrogens is 733 g/mol. The number of rotatable bonds is 42. The Kier molecular flexibility index (Phi) is 44.5. The number of ether oxygens (including phenoxy) is 3. The molecule has 0 aromatic heterocycles. The number of esters is 3. The third-order valence-corrected chi connectivity index (χ3v) is 9.98. The molecule has 0 aromatic rings. The van der Waals surface area contributed by atoms with Crippen molar-refractivity contribution in [1.82, 2.24) is 0 Å². The van der Waals surface area contributed by atoms with Gasteiger partial charge in [0.25, 0.3) is 0 Å². The molecular formula is C53H88O6. The Balaban J connectivity index is 4.42. The summed E-state index contributed by atoms with van der Waals surface area (Å²) in [5.41, 5.74) is 0. The number of allylic oxidation sites excluding steroid dienone is 14. The molecule has 0 fully saturated rings. The minimum atomic E-state index is -0.824. The Hall–Kier alpha value is -3.41.